The van der Waals surface area contributed by atoms with E-state index in [0.29, 0.717) is 60.7 Å². The topological polar surface area (TPSA) is 141 Å². The van der Waals surface area contributed by atoms with Crippen LogP contribution in [0.3, 0.4) is 0 Å². The Hall–Kier alpha value is -8.38. The second-order valence-corrected chi connectivity index (χ2v) is 29.9. The van der Waals surface area contributed by atoms with Crippen LogP contribution in [0.4, 0.5) is 10.7 Å². The average molecular weight is 1220 g/mol. The van der Waals surface area contributed by atoms with Crippen LogP contribution < -0.4 is 23.8 Å². The summed E-state index contributed by atoms with van der Waals surface area (Å²) in [5, 5.41) is 12.0. The van der Waals surface area contributed by atoms with Gasteiger partial charge in [-0.1, -0.05) is 106 Å². The molecule has 456 valence electrons. The normalized spacial score (nSPS) is 12.5. The molecule has 2 N–H and O–H groups in total. The number of hydrogen-bond donors (Lipinski definition) is 2. The van der Waals surface area contributed by atoms with Crippen molar-refractivity contribution in [3.05, 3.63) is 153 Å². The molecule has 0 atom stereocenters. The first-order valence-corrected chi connectivity index (χ1v) is 31.9. The van der Waals surface area contributed by atoms with Crippen LogP contribution in [0.1, 0.15) is 143 Å². The molecule has 0 fully saturated rings. The van der Waals surface area contributed by atoms with E-state index in [1.165, 1.54) is 0 Å². The summed E-state index contributed by atoms with van der Waals surface area (Å²) in [6.45, 7) is 28.8. The van der Waals surface area contributed by atoms with Gasteiger partial charge in [-0.2, -0.15) is 0 Å². The molecule has 0 saturated heterocycles. The second kappa shape index (κ2) is 25.8. The van der Waals surface area contributed by atoms with Crippen molar-refractivity contribution in [2.75, 3.05) is 45.4 Å². The molecule has 8 aromatic rings. The summed E-state index contributed by atoms with van der Waals surface area (Å²) in [6.07, 6.45) is 11.7. The first-order valence-electron chi connectivity index (χ1n) is 30.3. The molecule has 12 nitrogen and oxygen atoms in total. The molecule has 8 bridgehead atoms. The van der Waals surface area contributed by atoms with Crippen molar-refractivity contribution in [2.24, 2.45) is 21.7 Å². The van der Waals surface area contributed by atoms with Gasteiger partial charge in [0.25, 0.3) is 0 Å². The number of H-pyrrole nitrogens is 2. The minimum atomic E-state index is -0.340. The lowest BCUT2D eigenvalue weighted by atomic mass is 9.93. The van der Waals surface area contributed by atoms with Gasteiger partial charge in [0.15, 0.2) is 0 Å². The van der Waals surface area contributed by atoms with Crippen LogP contribution in [0.15, 0.2) is 109 Å². The van der Waals surface area contributed by atoms with Crippen LogP contribution >= 0.6 is 22.7 Å². The predicted molar refractivity (Wildman–Crippen MR) is 368 cm³/mol. The summed E-state index contributed by atoms with van der Waals surface area (Å²) in [7, 11) is 4.05. The Bertz CT molecular complexity index is 4100. The highest BCUT2D eigenvalue weighted by Crippen LogP contribution is 2.44. The lowest BCUT2D eigenvalue weighted by molar-refractivity contribution is -0.380. The Labute approximate surface area is 526 Å². The summed E-state index contributed by atoms with van der Waals surface area (Å²) < 4.78 is 26.7. The Morgan fingerprint density at radius 3 is 1.30 bits per heavy atom. The number of rotatable bonds is 18. The molecule has 7 heterocycles. The third-order valence-corrected chi connectivity index (χ3v) is 17.5. The van der Waals surface area contributed by atoms with Crippen molar-refractivity contribution in [2.45, 2.75) is 109 Å². The van der Waals surface area contributed by atoms with E-state index in [4.69, 9.17) is 28.9 Å². The molecule has 0 radical (unpaired) electrons. The number of fused-ring (bicyclic) bond motifs is 8. The molecule has 0 spiro atoms. The molecule has 2 aliphatic heterocycles. The third-order valence-electron chi connectivity index (χ3n) is 15.2. The van der Waals surface area contributed by atoms with Gasteiger partial charge in [-0.05, 0) is 174 Å². The Kier molecular flexibility index (Phi) is 18.3. The number of nitro groups is 1. The van der Waals surface area contributed by atoms with E-state index in [9.17, 15) is 10.1 Å². The molecule has 0 amide bonds. The van der Waals surface area contributed by atoms with Gasteiger partial charge >= 0.3 is 5.00 Å². The quantitative estimate of drug-likeness (QED) is 0.0488. The minimum Gasteiger partial charge on any atom is -0.493 e. The number of nitrogens with one attached hydrogen (secondary N) is 2. The van der Waals surface area contributed by atoms with Crippen molar-refractivity contribution in [3.8, 4) is 77.3 Å². The minimum absolute atomic E-state index is 0.0611. The Morgan fingerprint density at radius 2 is 0.852 bits per heavy atom. The van der Waals surface area contributed by atoms with Crippen LogP contribution in [-0.2, 0) is 0 Å². The Balaban J connectivity index is 1.29. The van der Waals surface area contributed by atoms with Crippen molar-refractivity contribution in [3.63, 3.8) is 0 Å². The first kappa shape index (κ1) is 62.7. The van der Waals surface area contributed by atoms with Gasteiger partial charge in [0.1, 0.15) is 23.0 Å². The first-order chi connectivity index (χ1) is 41.7. The molecule has 0 saturated carbocycles. The van der Waals surface area contributed by atoms with Crippen molar-refractivity contribution in [1.82, 2.24) is 19.9 Å². The summed E-state index contributed by atoms with van der Waals surface area (Å²) in [5.74, 6) is 9.88. The Morgan fingerprint density at radius 1 is 0.466 bits per heavy atom. The van der Waals surface area contributed by atoms with Gasteiger partial charge in [0.05, 0.1) is 70.1 Å². The second-order valence-electron chi connectivity index (χ2n) is 27.8. The zero-order valence-corrected chi connectivity index (χ0v) is 55.0. The fourth-order valence-corrected chi connectivity index (χ4v) is 12.0. The number of ether oxygens (including phenoxy) is 4. The van der Waals surface area contributed by atoms with Crippen LogP contribution in [0.5, 0.6) is 23.0 Å². The largest absolute Gasteiger partial charge is 0.493 e. The van der Waals surface area contributed by atoms with Gasteiger partial charge < -0.3 is 33.8 Å². The van der Waals surface area contributed by atoms with E-state index < -0.39 is 0 Å². The van der Waals surface area contributed by atoms with Crippen LogP contribution in [0, 0.1) is 43.6 Å². The summed E-state index contributed by atoms with van der Waals surface area (Å²) in [6, 6.07) is 36.5. The zero-order valence-electron chi connectivity index (χ0n) is 53.4. The maximum absolute atomic E-state index is 11.9. The fourth-order valence-electron chi connectivity index (χ4n) is 10.0. The zero-order chi connectivity index (χ0) is 62.7. The maximum atomic E-state index is 11.9. The molecule has 2 aliphatic rings. The highest BCUT2D eigenvalue weighted by molar-refractivity contribution is 7.25. The van der Waals surface area contributed by atoms with Gasteiger partial charge in [0.2, 0.25) is 0 Å². The highest BCUT2D eigenvalue weighted by Gasteiger charge is 2.23. The maximum Gasteiger partial charge on any atom is 0.324 e. The van der Waals surface area contributed by atoms with Gasteiger partial charge in [-0.15, -0.1) is 11.3 Å². The SMILES string of the molecule is CN(C)c1ccc(C#Cc2c3nc(c(-c4ccc(-c5ccc([N+](=O)[O-])s5)s4)c4ccc([nH]4)c(-c4cc(OCCC(C)(C)C)cc(OCCC(C)(C)C)c4)c4nc(c(-c5cc(OCCC(C)(C)C)cc(OCCC(C)(C)C)c5)c5ccc2[nH]5)C=C4)C=C3)cc1. The molecule has 0 unspecified atom stereocenters. The number of nitrogens with zero attached hydrogens (tertiary/aromatic N) is 4. The number of hydrogen-bond acceptors (Lipinski definition) is 11. The lowest BCUT2D eigenvalue weighted by Gasteiger charge is -2.20. The molecule has 10 rings (SSSR count). The molecular weight excluding hydrogens is 1130 g/mol. The van der Waals surface area contributed by atoms with E-state index in [2.05, 4.69) is 195 Å². The monoisotopic (exact) mass is 1210 g/mol. The number of anilines is 1. The number of thiophene rings is 2. The summed E-state index contributed by atoms with van der Waals surface area (Å²) in [4.78, 5) is 35.2. The fraction of sp³-hybridized carbons (Fsp3) is 0.351. The molecule has 5 aromatic heterocycles. The number of aromatic nitrogens is 4. The molecule has 14 heteroatoms. The van der Waals surface area contributed by atoms with Crippen molar-refractivity contribution >= 4 is 79.7 Å². The van der Waals surface area contributed by atoms with Gasteiger partial charge in [-0.25, -0.2) is 9.97 Å². The van der Waals surface area contributed by atoms with Gasteiger partial charge in [0, 0.05) is 86.5 Å². The van der Waals surface area contributed by atoms with Crippen LogP contribution in [0.25, 0.3) is 88.8 Å². The van der Waals surface area contributed by atoms with Crippen molar-refractivity contribution < 1.29 is 23.9 Å². The molecular formula is C74H82N6O6S2. The summed E-state index contributed by atoms with van der Waals surface area (Å²) >= 11 is 2.73. The number of aromatic amines is 2. The highest BCUT2D eigenvalue weighted by atomic mass is 32.1. The number of benzene rings is 3. The predicted octanol–water partition coefficient (Wildman–Crippen LogP) is 20.1. The third kappa shape index (κ3) is 16.0. The summed E-state index contributed by atoms with van der Waals surface area (Å²) in [5.41, 5.74) is 13.2. The molecule has 3 aromatic carbocycles. The smallest absolute Gasteiger partial charge is 0.324 e. The van der Waals surface area contributed by atoms with E-state index >= 15 is 0 Å². The van der Waals surface area contributed by atoms with Gasteiger partial charge in [-0.3, -0.25) is 10.1 Å². The molecule has 88 heavy (non-hydrogen) atoms. The lowest BCUT2D eigenvalue weighted by Crippen LogP contribution is -2.12. The van der Waals surface area contributed by atoms with E-state index in [1.807, 2.05) is 56.6 Å². The van der Waals surface area contributed by atoms with Crippen LogP contribution in [0.2, 0.25) is 0 Å². The average Bonchev–Trinajstić information content (AvgIpc) is 2.80. The van der Waals surface area contributed by atoms with E-state index in [0.717, 1.165) is 130 Å². The van der Waals surface area contributed by atoms with Crippen molar-refractivity contribution in [1.29, 1.82) is 0 Å². The van der Waals surface area contributed by atoms with E-state index in [1.54, 1.807) is 17.4 Å². The standard InChI is InChI=1S/C74H82N6O6S2/c1-71(2,3)33-37-83-51-41-48(42-52(45-51)84-38-34-72(4,5)6)68-58-23-21-56(75-58)55(20-17-47-15-18-50(19-16-47)79(13)14)57-22-24-62(76-57)70(66-30-29-64(87-66)65-31-32-67(88-65)80(81)82)63-28-27-61(78-63)69(60-26-25-59(68)77-60)49-43-53(85-39-35-73(7,8)9)46-54(44-49)86-40-36-74(10,11)12/h15-16,18-19,21-32,41-46,75,78H,33-40H2,1-14H3. The van der Waals surface area contributed by atoms with E-state index in [-0.39, 0.29) is 31.6 Å². The molecule has 0 aliphatic carbocycles. The van der Waals surface area contributed by atoms with Crippen LogP contribution in [-0.4, -0.2) is 65.4 Å².